The van der Waals surface area contributed by atoms with E-state index >= 15 is 0 Å². The number of carbonyl (C=O) groups excluding carboxylic acids is 1. The molecule has 1 fully saturated rings. The number of carbonyl (C=O) groups is 1. The molecule has 1 aliphatic heterocycles. The molecule has 2 heterocycles. The number of para-hydroxylation sites is 1. The Morgan fingerprint density at radius 1 is 1.07 bits per heavy atom. The Kier molecular flexibility index (Phi) is 3.93. The van der Waals surface area contributed by atoms with E-state index in [9.17, 15) is 4.79 Å². The highest BCUT2D eigenvalue weighted by Crippen LogP contribution is 2.42. The fourth-order valence-corrected chi connectivity index (χ4v) is 4.15. The molecule has 2 aromatic carbocycles. The van der Waals surface area contributed by atoms with Gasteiger partial charge in [-0.25, -0.2) is 9.67 Å². The molecule has 0 bridgehead atoms. The first-order chi connectivity index (χ1) is 13.6. The van der Waals surface area contributed by atoms with Crippen molar-refractivity contribution in [3.8, 4) is 5.69 Å². The number of aryl methyl sites for hydroxylation is 2. The van der Waals surface area contributed by atoms with E-state index in [-0.39, 0.29) is 5.91 Å². The Morgan fingerprint density at radius 3 is 2.64 bits per heavy atom. The van der Waals surface area contributed by atoms with Crippen LogP contribution in [0.3, 0.4) is 0 Å². The topological polar surface area (TPSA) is 54.3 Å². The van der Waals surface area contributed by atoms with Crippen molar-refractivity contribution in [3.63, 3.8) is 0 Å². The maximum Gasteiger partial charge on any atom is 0.258 e. The first-order valence-corrected chi connectivity index (χ1v) is 9.77. The van der Waals surface area contributed by atoms with Crippen LogP contribution in [0.4, 0.5) is 11.4 Å². The van der Waals surface area contributed by atoms with E-state index in [0.717, 1.165) is 35.6 Å². The Hall–Kier alpha value is -3.15. The smallest absolute Gasteiger partial charge is 0.258 e. The molecule has 0 radical (unpaired) electrons. The van der Waals surface area contributed by atoms with Crippen LogP contribution in [0.1, 0.15) is 34.3 Å². The molecule has 28 heavy (non-hydrogen) atoms. The summed E-state index contributed by atoms with van der Waals surface area (Å²) < 4.78 is 1.70. The predicted octanol–water partition coefficient (Wildman–Crippen LogP) is 3.51. The van der Waals surface area contributed by atoms with Crippen molar-refractivity contribution in [3.05, 3.63) is 65.7 Å². The number of hydrogen-bond acceptors (Lipinski definition) is 4. The summed E-state index contributed by atoms with van der Waals surface area (Å²) in [5, 5.41) is 4.17. The lowest BCUT2D eigenvalue weighted by atomic mass is 10.0. The molecule has 1 aromatic heterocycles. The molecule has 0 unspecified atom stereocenters. The zero-order valence-corrected chi connectivity index (χ0v) is 16.2. The summed E-state index contributed by atoms with van der Waals surface area (Å²) >= 11 is 0. The van der Waals surface area contributed by atoms with Gasteiger partial charge in [0.25, 0.3) is 5.91 Å². The molecule has 1 amide bonds. The van der Waals surface area contributed by atoms with Crippen LogP contribution in [0.25, 0.3) is 5.69 Å². The maximum absolute atomic E-state index is 13.5. The van der Waals surface area contributed by atoms with Gasteiger partial charge in [0.2, 0.25) is 0 Å². The molecule has 0 spiro atoms. The number of aromatic nitrogens is 3. The molecule has 142 valence electrons. The van der Waals surface area contributed by atoms with Gasteiger partial charge in [0.05, 0.1) is 17.1 Å². The second-order valence-electron chi connectivity index (χ2n) is 7.66. The lowest BCUT2D eigenvalue weighted by molar-refractivity contribution is 0.0986. The number of anilines is 2. The standard InChI is InChI=1S/C22H23N5O/c1-15-4-3-5-20-21(15)25(17-6-7-17)10-11-26(20)22(28)19-9-8-18(12-16(19)2)27-14-23-13-24-27/h3-5,8-9,12-14,17H,6-7,10-11H2,1-2H3. The molecular weight excluding hydrogens is 350 g/mol. The average molecular weight is 373 g/mol. The molecule has 0 saturated heterocycles. The quantitative estimate of drug-likeness (QED) is 0.705. The third-order valence-corrected chi connectivity index (χ3v) is 5.72. The van der Waals surface area contributed by atoms with Crippen molar-refractivity contribution >= 4 is 17.3 Å². The number of nitrogens with zero attached hydrogens (tertiary/aromatic N) is 5. The van der Waals surface area contributed by atoms with Gasteiger partial charge in [-0.1, -0.05) is 12.1 Å². The molecule has 0 N–H and O–H groups in total. The van der Waals surface area contributed by atoms with Crippen LogP contribution in [-0.2, 0) is 0 Å². The minimum Gasteiger partial charge on any atom is -0.365 e. The number of benzene rings is 2. The number of amides is 1. The van der Waals surface area contributed by atoms with Gasteiger partial charge in [-0.05, 0) is 62.1 Å². The van der Waals surface area contributed by atoms with Crippen LogP contribution in [-0.4, -0.2) is 39.8 Å². The minimum absolute atomic E-state index is 0.0601. The first kappa shape index (κ1) is 17.0. The van der Waals surface area contributed by atoms with Gasteiger partial charge in [-0.2, -0.15) is 5.10 Å². The highest BCUT2D eigenvalue weighted by Gasteiger charge is 2.36. The van der Waals surface area contributed by atoms with E-state index in [1.807, 2.05) is 36.1 Å². The predicted molar refractivity (Wildman–Crippen MR) is 109 cm³/mol. The molecule has 1 aliphatic carbocycles. The minimum atomic E-state index is 0.0601. The van der Waals surface area contributed by atoms with Crippen LogP contribution in [0.15, 0.2) is 49.1 Å². The summed E-state index contributed by atoms with van der Waals surface area (Å²) in [6.45, 7) is 5.73. The van der Waals surface area contributed by atoms with Crippen LogP contribution < -0.4 is 9.80 Å². The number of rotatable bonds is 3. The Bertz CT molecular complexity index is 1040. The highest BCUT2D eigenvalue weighted by molar-refractivity contribution is 6.09. The van der Waals surface area contributed by atoms with Crippen molar-refractivity contribution in [2.45, 2.75) is 32.7 Å². The molecule has 3 aromatic rings. The third-order valence-electron chi connectivity index (χ3n) is 5.72. The summed E-state index contributed by atoms with van der Waals surface area (Å²) in [7, 11) is 0. The molecule has 6 heteroatoms. The molecular formula is C22H23N5O. The van der Waals surface area contributed by atoms with Gasteiger partial charge in [-0.3, -0.25) is 4.79 Å². The van der Waals surface area contributed by atoms with Crippen LogP contribution in [0, 0.1) is 13.8 Å². The Morgan fingerprint density at radius 2 is 1.93 bits per heavy atom. The molecule has 2 aliphatic rings. The second-order valence-corrected chi connectivity index (χ2v) is 7.66. The van der Waals surface area contributed by atoms with Gasteiger partial charge in [0.15, 0.2) is 0 Å². The van der Waals surface area contributed by atoms with Crippen molar-refractivity contribution in [1.29, 1.82) is 0 Å². The van der Waals surface area contributed by atoms with E-state index in [1.54, 1.807) is 11.0 Å². The molecule has 0 atom stereocenters. The summed E-state index contributed by atoms with van der Waals surface area (Å²) in [6, 6.07) is 12.7. The van der Waals surface area contributed by atoms with Crippen LogP contribution >= 0.6 is 0 Å². The Balaban J connectivity index is 1.50. The second kappa shape index (κ2) is 6.48. The van der Waals surface area contributed by atoms with E-state index in [1.165, 1.54) is 30.4 Å². The fraction of sp³-hybridized carbons (Fsp3) is 0.318. The summed E-state index contributed by atoms with van der Waals surface area (Å²) in [6.07, 6.45) is 5.68. The first-order valence-electron chi connectivity index (χ1n) is 9.77. The van der Waals surface area contributed by atoms with Gasteiger partial charge in [0, 0.05) is 24.7 Å². The lowest BCUT2D eigenvalue weighted by Crippen LogP contribution is -2.45. The summed E-state index contributed by atoms with van der Waals surface area (Å²) in [5.41, 5.74) is 6.07. The number of fused-ring (bicyclic) bond motifs is 1. The summed E-state index contributed by atoms with van der Waals surface area (Å²) in [5.74, 6) is 0.0601. The van der Waals surface area contributed by atoms with E-state index < -0.39 is 0 Å². The SMILES string of the molecule is Cc1cc(-n2cncn2)ccc1C(=O)N1CCN(C2CC2)c2c(C)cccc21. The van der Waals surface area contributed by atoms with Gasteiger partial charge in [-0.15, -0.1) is 0 Å². The Labute approximate surface area is 164 Å². The van der Waals surface area contributed by atoms with Crippen molar-refractivity contribution in [2.24, 2.45) is 0 Å². The lowest BCUT2D eigenvalue weighted by Gasteiger charge is -2.39. The maximum atomic E-state index is 13.5. The zero-order valence-electron chi connectivity index (χ0n) is 16.2. The normalized spacial score (nSPS) is 16.2. The fourth-order valence-electron chi connectivity index (χ4n) is 4.15. The highest BCUT2D eigenvalue weighted by atomic mass is 16.2. The van der Waals surface area contributed by atoms with Gasteiger partial charge >= 0.3 is 0 Å². The average Bonchev–Trinajstić information content (AvgIpc) is 3.40. The summed E-state index contributed by atoms with van der Waals surface area (Å²) in [4.78, 5) is 21.9. The molecule has 5 rings (SSSR count). The zero-order chi connectivity index (χ0) is 19.3. The van der Waals surface area contributed by atoms with Crippen LogP contribution in [0.2, 0.25) is 0 Å². The van der Waals surface area contributed by atoms with E-state index in [0.29, 0.717) is 6.04 Å². The van der Waals surface area contributed by atoms with E-state index in [4.69, 9.17) is 0 Å². The van der Waals surface area contributed by atoms with Crippen molar-refractivity contribution in [2.75, 3.05) is 22.9 Å². The molecule has 1 saturated carbocycles. The molecule has 6 nitrogen and oxygen atoms in total. The van der Waals surface area contributed by atoms with E-state index in [2.05, 4.69) is 34.0 Å². The number of hydrogen-bond donors (Lipinski definition) is 0. The van der Waals surface area contributed by atoms with Crippen molar-refractivity contribution < 1.29 is 4.79 Å². The largest absolute Gasteiger partial charge is 0.365 e. The van der Waals surface area contributed by atoms with Gasteiger partial charge in [0.1, 0.15) is 12.7 Å². The third kappa shape index (κ3) is 2.76. The van der Waals surface area contributed by atoms with Crippen LogP contribution in [0.5, 0.6) is 0 Å². The van der Waals surface area contributed by atoms with Gasteiger partial charge < -0.3 is 9.80 Å². The van der Waals surface area contributed by atoms with Crippen molar-refractivity contribution in [1.82, 2.24) is 14.8 Å². The monoisotopic (exact) mass is 373 g/mol.